The lowest BCUT2D eigenvalue weighted by molar-refractivity contribution is 0.0469. The van der Waals surface area contributed by atoms with Gasteiger partial charge in [-0.1, -0.05) is 23.7 Å². The number of nitrogens with zero attached hydrogens (tertiary/aromatic N) is 2. The van der Waals surface area contributed by atoms with Crippen molar-refractivity contribution in [3.05, 3.63) is 63.4 Å². The first kappa shape index (κ1) is 19.9. The van der Waals surface area contributed by atoms with Crippen molar-refractivity contribution in [1.29, 1.82) is 0 Å². The van der Waals surface area contributed by atoms with E-state index in [1.54, 1.807) is 37.5 Å². The second kappa shape index (κ2) is 8.81. The van der Waals surface area contributed by atoms with Gasteiger partial charge in [0.15, 0.2) is 0 Å². The molecule has 0 saturated heterocycles. The predicted octanol–water partition coefficient (Wildman–Crippen LogP) is 5.06. The third kappa shape index (κ3) is 5.05. The summed E-state index contributed by atoms with van der Waals surface area (Å²) in [6.45, 7) is 6.33. The lowest BCUT2D eigenvalue weighted by Crippen LogP contribution is -2.14. The van der Waals surface area contributed by atoms with Crippen molar-refractivity contribution < 1.29 is 13.9 Å². The van der Waals surface area contributed by atoms with Crippen molar-refractivity contribution >= 4 is 29.6 Å². The van der Waals surface area contributed by atoms with Crippen LogP contribution >= 0.6 is 11.6 Å². The molecular weight excluding hydrogens is 355 g/mol. The topological polar surface area (TPSA) is 41.9 Å². The Morgan fingerprint density at radius 3 is 2.69 bits per heavy atom. The number of rotatable bonds is 6. The van der Waals surface area contributed by atoms with E-state index in [0.717, 1.165) is 17.7 Å². The first-order valence-corrected chi connectivity index (χ1v) is 8.66. The van der Waals surface area contributed by atoms with Crippen molar-refractivity contribution in [2.24, 2.45) is 4.99 Å². The Morgan fingerprint density at radius 2 is 2.04 bits per heavy atom. The van der Waals surface area contributed by atoms with Gasteiger partial charge in [0.25, 0.3) is 0 Å². The molecule has 0 atom stereocenters. The maximum absolute atomic E-state index is 13.8. The van der Waals surface area contributed by atoms with Gasteiger partial charge in [0, 0.05) is 19.2 Å². The fourth-order valence-corrected chi connectivity index (χ4v) is 2.43. The third-order valence-electron chi connectivity index (χ3n) is 3.97. The molecule has 0 unspecified atom stereocenters. The van der Waals surface area contributed by atoms with Crippen molar-refractivity contribution in [3.8, 4) is 0 Å². The first-order valence-electron chi connectivity index (χ1n) is 8.28. The lowest BCUT2D eigenvalue weighted by Gasteiger charge is -2.11. The van der Waals surface area contributed by atoms with Crippen LogP contribution in [0.25, 0.3) is 0 Å². The Morgan fingerprint density at radius 1 is 1.31 bits per heavy atom. The molecule has 0 aromatic heterocycles. The molecule has 0 bridgehead atoms. The van der Waals surface area contributed by atoms with Gasteiger partial charge in [-0.2, -0.15) is 0 Å². The number of carbonyl (C=O) groups is 1. The molecule has 26 heavy (non-hydrogen) atoms. The van der Waals surface area contributed by atoms with E-state index in [2.05, 4.69) is 4.99 Å². The van der Waals surface area contributed by atoms with E-state index in [4.69, 9.17) is 16.3 Å². The highest BCUT2D eigenvalue weighted by molar-refractivity contribution is 6.33. The highest BCUT2D eigenvalue weighted by atomic mass is 35.5. The summed E-state index contributed by atoms with van der Waals surface area (Å²) in [5.41, 5.74) is 2.83. The van der Waals surface area contributed by atoms with Crippen LogP contribution in [0.4, 0.5) is 10.1 Å². The molecule has 0 aliphatic rings. The summed E-state index contributed by atoms with van der Waals surface area (Å²) >= 11 is 6.22. The monoisotopic (exact) mass is 376 g/mol. The van der Waals surface area contributed by atoms with Crippen molar-refractivity contribution in [2.75, 3.05) is 13.6 Å². The number of hydrogen-bond donors (Lipinski definition) is 0. The third-order valence-corrected chi connectivity index (χ3v) is 4.28. The summed E-state index contributed by atoms with van der Waals surface area (Å²) in [7, 11) is 1.91. The maximum atomic E-state index is 13.8. The Labute approximate surface area is 158 Å². The minimum absolute atomic E-state index is 0.151. The molecule has 2 aromatic rings. The Hall–Kier alpha value is -2.40. The molecule has 0 aliphatic heterocycles. The standard InChI is InChI=1S/C20H22ClFN2O2/c1-5-24(4)12-23-19-10-17(21)16(9-14(19)3)20(25)26-11-15-7-6-13(2)8-18(15)22/h6-10,12H,5,11H2,1-4H3. The van der Waals surface area contributed by atoms with Gasteiger partial charge in [0.1, 0.15) is 12.4 Å². The van der Waals surface area contributed by atoms with Crippen molar-refractivity contribution in [3.63, 3.8) is 0 Å². The zero-order chi connectivity index (χ0) is 19.3. The minimum Gasteiger partial charge on any atom is -0.457 e. The van der Waals surface area contributed by atoms with Crippen LogP contribution in [0.2, 0.25) is 5.02 Å². The second-order valence-corrected chi connectivity index (χ2v) is 6.51. The van der Waals surface area contributed by atoms with Gasteiger partial charge in [0.05, 0.1) is 22.6 Å². The summed E-state index contributed by atoms with van der Waals surface area (Å²) in [6, 6.07) is 8.03. The molecule has 0 aliphatic carbocycles. The van der Waals surface area contributed by atoms with E-state index in [1.165, 1.54) is 6.07 Å². The van der Waals surface area contributed by atoms with Crippen LogP contribution in [0, 0.1) is 19.7 Å². The van der Waals surface area contributed by atoms with E-state index < -0.39 is 11.8 Å². The maximum Gasteiger partial charge on any atom is 0.339 e. The number of halogens is 2. The summed E-state index contributed by atoms with van der Waals surface area (Å²) in [5, 5.41) is 0.247. The molecule has 2 aromatic carbocycles. The summed E-state index contributed by atoms with van der Waals surface area (Å²) in [6.07, 6.45) is 1.71. The smallest absolute Gasteiger partial charge is 0.339 e. The molecule has 0 heterocycles. The van der Waals surface area contributed by atoms with Gasteiger partial charge in [-0.05, 0) is 50.1 Å². The lowest BCUT2D eigenvalue weighted by atomic mass is 10.1. The molecular formula is C20H22ClFN2O2. The largest absolute Gasteiger partial charge is 0.457 e. The van der Waals surface area contributed by atoms with Gasteiger partial charge < -0.3 is 9.64 Å². The van der Waals surface area contributed by atoms with E-state index in [0.29, 0.717) is 11.3 Å². The number of aliphatic imine (C=N–C) groups is 1. The molecule has 0 amide bonds. The van der Waals surface area contributed by atoms with Crippen molar-refractivity contribution in [1.82, 2.24) is 4.90 Å². The zero-order valence-electron chi connectivity index (χ0n) is 15.3. The van der Waals surface area contributed by atoms with Crippen LogP contribution < -0.4 is 0 Å². The summed E-state index contributed by atoms with van der Waals surface area (Å²) < 4.78 is 19.1. The number of ether oxygens (including phenoxy) is 1. The average molecular weight is 377 g/mol. The molecule has 4 nitrogen and oxygen atoms in total. The van der Waals surface area contributed by atoms with Crippen LogP contribution in [0.3, 0.4) is 0 Å². The summed E-state index contributed by atoms with van der Waals surface area (Å²) in [4.78, 5) is 18.6. The van der Waals surface area contributed by atoms with E-state index >= 15 is 0 Å². The van der Waals surface area contributed by atoms with E-state index in [-0.39, 0.29) is 17.2 Å². The molecule has 2 rings (SSSR count). The average Bonchev–Trinajstić information content (AvgIpc) is 2.60. The van der Waals surface area contributed by atoms with Crippen LogP contribution in [0.5, 0.6) is 0 Å². The van der Waals surface area contributed by atoms with Crippen molar-refractivity contribution in [2.45, 2.75) is 27.4 Å². The number of carbonyl (C=O) groups excluding carboxylic acids is 1. The van der Waals surface area contributed by atoms with Gasteiger partial charge in [0.2, 0.25) is 0 Å². The van der Waals surface area contributed by atoms with Gasteiger partial charge >= 0.3 is 5.97 Å². The normalized spacial score (nSPS) is 11.0. The van der Waals surface area contributed by atoms with Crippen LogP contribution in [-0.4, -0.2) is 30.8 Å². The van der Waals surface area contributed by atoms with Crippen LogP contribution in [-0.2, 0) is 11.3 Å². The number of benzene rings is 2. The second-order valence-electron chi connectivity index (χ2n) is 6.11. The molecule has 0 saturated carbocycles. The Kier molecular flexibility index (Phi) is 6.75. The van der Waals surface area contributed by atoms with E-state index in [9.17, 15) is 9.18 Å². The first-order chi connectivity index (χ1) is 12.3. The molecule has 138 valence electrons. The van der Waals surface area contributed by atoms with Crippen LogP contribution in [0.1, 0.15) is 34.0 Å². The zero-order valence-corrected chi connectivity index (χ0v) is 16.1. The van der Waals surface area contributed by atoms with Gasteiger partial charge in [-0.3, -0.25) is 0 Å². The number of esters is 1. The molecule has 6 heteroatoms. The minimum atomic E-state index is -0.598. The molecule has 0 fully saturated rings. The molecule has 0 spiro atoms. The molecule has 0 N–H and O–H groups in total. The van der Waals surface area contributed by atoms with Gasteiger partial charge in [-0.25, -0.2) is 14.2 Å². The van der Waals surface area contributed by atoms with Gasteiger partial charge in [-0.15, -0.1) is 0 Å². The van der Waals surface area contributed by atoms with Crippen LogP contribution in [0.15, 0.2) is 35.3 Å². The highest BCUT2D eigenvalue weighted by Gasteiger charge is 2.15. The molecule has 0 radical (unpaired) electrons. The quantitative estimate of drug-likeness (QED) is 0.402. The summed E-state index contributed by atoms with van der Waals surface area (Å²) in [5.74, 6) is -0.996. The Balaban J connectivity index is 2.13. The number of hydrogen-bond acceptors (Lipinski definition) is 3. The highest BCUT2D eigenvalue weighted by Crippen LogP contribution is 2.28. The SMILES string of the molecule is CCN(C)C=Nc1cc(Cl)c(C(=O)OCc2ccc(C)cc2F)cc1C. The fraction of sp³-hybridized carbons (Fsp3) is 0.300. The fourth-order valence-electron chi connectivity index (χ4n) is 2.20. The van der Waals surface area contributed by atoms with E-state index in [1.807, 2.05) is 25.8 Å². The number of aryl methyl sites for hydroxylation is 2. The Bertz CT molecular complexity index is 837. The predicted molar refractivity (Wildman–Crippen MR) is 103 cm³/mol.